The zero-order chi connectivity index (χ0) is 15.4. The average molecular weight is 325 g/mol. The molecule has 0 N–H and O–H groups in total. The van der Waals surface area contributed by atoms with Gasteiger partial charge in [-0.3, -0.25) is 9.39 Å². The van der Waals surface area contributed by atoms with Gasteiger partial charge in [0.05, 0.1) is 16.5 Å². The van der Waals surface area contributed by atoms with Crippen molar-refractivity contribution in [1.82, 2.24) is 19.6 Å². The predicted molar refractivity (Wildman–Crippen MR) is 91.0 cm³/mol. The molecule has 0 unspecified atom stereocenters. The van der Waals surface area contributed by atoms with E-state index in [0.717, 1.165) is 12.1 Å². The number of unbranched alkanes of at least 4 members (excludes halogenated alkanes) is 1. The van der Waals surface area contributed by atoms with Gasteiger partial charge in [-0.05, 0) is 37.7 Å². The first-order valence-electron chi connectivity index (χ1n) is 8.50. The van der Waals surface area contributed by atoms with Crippen LogP contribution >= 0.6 is 11.8 Å². The summed E-state index contributed by atoms with van der Waals surface area (Å²) < 4.78 is 1.91. The van der Waals surface area contributed by atoms with Crippen molar-refractivity contribution < 1.29 is 0 Å². The zero-order valence-corrected chi connectivity index (χ0v) is 14.0. The molecule has 0 amide bonds. The molecule has 3 aliphatic rings. The molecule has 0 aromatic carbocycles. The van der Waals surface area contributed by atoms with Gasteiger partial charge < -0.3 is 0 Å². The summed E-state index contributed by atoms with van der Waals surface area (Å²) in [5.74, 6) is 0.361. The quantitative estimate of drug-likeness (QED) is 0.862. The van der Waals surface area contributed by atoms with E-state index in [-0.39, 0.29) is 5.37 Å². The molecule has 2 atom stereocenters. The van der Waals surface area contributed by atoms with Crippen molar-refractivity contribution in [2.75, 3.05) is 0 Å². The number of hydrogen-bond acceptors (Lipinski definition) is 5. The van der Waals surface area contributed by atoms with Crippen molar-refractivity contribution in [3.8, 4) is 0 Å². The lowest BCUT2D eigenvalue weighted by molar-refractivity contribution is 0.694. The Morgan fingerprint density at radius 3 is 3.17 bits per heavy atom. The van der Waals surface area contributed by atoms with Crippen LogP contribution in [0.2, 0.25) is 0 Å². The second-order valence-corrected chi connectivity index (χ2v) is 7.67. The van der Waals surface area contributed by atoms with Crippen molar-refractivity contribution in [3.63, 3.8) is 0 Å². The molecule has 6 heteroatoms. The van der Waals surface area contributed by atoms with Gasteiger partial charge in [-0.15, -0.1) is 10.2 Å². The van der Waals surface area contributed by atoms with E-state index in [1.807, 2.05) is 22.5 Å². The van der Waals surface area contributed by atoms with Crippen LogP contribution in [0, 0.1) is 0 Å². The summed E-state index contributed by atoms with van der Waals surface area (Å²) in [6.07, 6.45) is 10.8. The summed E-state index contributed by atoms with van der Waals surface area (Å²) in [6, 6.07) is 0. The third kappa shape index (κ3) is 1.94. The number of aromatic nitrogens is 4. The number of aliphatic imine (C=N–C) groups is 1. The highest BCUT2D eigenvalue weighted by molar-refractivity contribution is 8.00. The fourth-order valence-corrected chi connectivity index (χ4v) is 5.52. The third-order valence-electron chi connectivity index (χ3n) is 5.18. The van der Waals surface area contributed by atoms with Crippen LogP contribution in [0.5, 0.6) is 0 Å². The number of nitrogens with zero attached hydrogens (tertiary/aromatic N) is 5. The van der Waals surface area contributed by atoms with Crippen molar-refractivity contribution in [2.45, 2.75) is 61.6 Å². The van der Waals surface area contributed by atoms with E-state index in [9.17, 15) is 0 Å². The Hall–Kier alpha value is -1.69. The molecule has 118 valence electrons. The van der Waals surface area contributed by atoms with Crippen molar-refractivity contribution in [2.24, 2.45) is 4.99 Å². The molecule has 0 radical (unpaired) electrons. The molecule has 2 aliphatic heterocycles. The number of fused-ring (bicyclic) bond motifs is 6. The molecule has 2 aromatic heterocycles. The molecule has 4 heterocycles. The number of thioether (sulfide) groups is 1. The zero-order valence-electron chi connectivity index (χ0n) is 13.2. The number of hydrogen-bond donors (Lipinski definition) is 0. The van der Waals surface area contributed by atoms with E-state index in [2.05, 4.69) is 17.1 Å². The van der Waals surface area contributed by atoms with E-state index in [1.165, 1.54) is 48.4 Å². The van der Waals surface area contributed by atoms with Gasteiger partial charge in [0.2, 0.25) is 0 Å². The Morgan fingerprint density at radius 1 is 1.30 bits per heavy atom. The molecule has 0 bridgehead atoms. The molecule has 0 spiro atoms. The lowest BCUT2D eigenvalue weighted by Crippen LogP contribution is -2.21. The van der Waals surface area contributed by atoms with E-state index >= 15 is 0 Å². The summed E-state index contributed by atoms with van der Waals surface area (Å²) in [7, 11) is 0. The van der Waals surface area contributed by atoms with Crippen molar-refractivity contribution in [1.29, 1.82) is 0 Å². The maximum absolute atomic E-state index is 5.15. The fraction of sp³-hybridized carbons (Fsp3) is 0.529. The van der Waals surface area contributed by atoms with Crippen molar-refractivity contribution in [3.05, 3.63) is 29.5 Å². The Kier molecular flexibility index (Phi) is 3.08. The average Bonchev–Trinajstić information content (AvgIpc) is 3.27. The third-order valence-corrected chi connectivity index (χ3v) is 6.43. The van der Waals surface area contributed by atoms with E-state index in [1.54, 1.807) is 17.5 Å². The van der Waals surface area contributed by atoms with Gasteiger partial charge in [0.1, 0.15) is 18.0 Å². The maximum Gasteiger partial charge on any atom is 0.177 e. The van der Waals surface area contributed by atoms with E-state index in [0.29, 0.717) is 5.92 Å². The van der Waals surface area contributed by atoms with Gasteiger partial charge in [-0.2, -0.15) is 0 Å². The van der Waals surface area contributed by atoms with Crippen LogP contribution in [0.15, 0.2) is 33.7 Å². The first-order valence-corrected chi connectivity index (χ1v) is 9.38. The molecular weight excluding hydrogens is 306 g/mol. The minimum atomic E-state index is 0.254. The summed E-state index contributed by atoms with van der Waals surface area (Å²) in [6.45, 7) is 2.25. The lowest BCUT2D eigenvalue weighted by atomic mass is 9.87. The van der Waals surface area contributed by atoms with Crippen LogP contribution in [0.1, 0.15) is 57.1 Å². The Bertz CT molecular complexity index is 850. The van der Waals surface area contributed by atoms with Gasteiger partial charge in [-0.1, -0.05) is 30.7 Å². The van der Waals surface area contributed by atoms with Crippen molar-refractivity contribution >= 4 is 23.1 Å². The first-order chi connectivity index (χ1) is 11.4. The highest BCUT2D eigenvalue weighted by atomic mass is 32.2. The Balaban J connectivity index is 1.63. The molecule has 0 saturated heterocycles. The van der Waals surface area contributed by atoms with E-state index in [4.69, 9.17) is 9.98 Å². The molecule has 0 fully saturated rings. The standard InChI is InChI=1S/C17H19N5S/c1-2-3-7-12-10-5-4-6-11(10)13-14-15(23-17(13)20-12)16-21-19-9-22(16)8-18-14/h8-9,13,17H,2-7H2,1H3/t13-,17-/m1/s1. The van der Waals surface area contributed by atoms with Crippen LogP contribution < -0.4 is 0 Å². The Morgan fingerprint density at radius 2 is 2.26 bits per heavy atom. The van der Waals surface area contributed by atoms with Gasteiger partial charge in [-0.25, -0.2) is 4.98 Å². The minimum absolute atomic E-state index is 0.254. The van der Waals surface area contributed by atoms with Crippen LogP contribution in [0.3, 0.4) is 0 Å². The number of allylic oxidation sites excluding steroid dienone is 1. The molecule has 0 saturated carbocycles. The van der Waals surface area contributed by atoms with Crippen LogP contribution in [0.25, 0.3) is 5.65 Å². The van der Waals surface area contributed by atoms with Crippen LogP contribution in [-0.2, 0) is 0 Å². The number of dihydropyridines is 1. The summed E-state index contributed by atoms with van der Waals surface area (Å²) >= 11 is 1.83. The second kappa shape index (κ2) is 5.16. The summed E-state index contributed by atoms with van der Waals surface area (Å²) in [5, 5.41) is 8.57. The normalized spacial score (nSPS) is 25.5. The predicted octanol–water partition coefficient (Wildman–Crippen LogP) is 3.77. The maximum atomic E-state index is 5.15. The van der Waals surface area contributed by atoms with Crippen LogP contribution in [-0.4, -0.2) is 30.7 Å². The largest absolute Gasteiger partial charge is 0.274 e. The molecular formula is C17H19N5S. The van der Waals surface area contributed by atoms with Gasteiger partial charge >= 0.3 is 0 Å². The monoisotopic (exact) mass is 325 g/mol. The Labute approximate surface area is 139 Å². The molecule has 2 aromatic rings. The smallest absolute Gasteiger partial charge is 0.177 e. The first kappa shape index (κ1) is 13.7. The molecule has 23 heavy (non-hydrogen) atoms. The number of rotatable bonds is 3. The minimum Gasteiger partial charge on any atom is -0.274 e. The SMILES string of the molecule is CCCCC1=N[C@@H]2Sc3c(ncn4cnnc34)[C@H]2C2=C1CCC2. The van der Waals surface area contributed by atoms with E-state index < -0.39 is 0 Å². The van der Waals surface area contributed by atoms with Crippen LogP contribution in [0.4, 0.5) is 0 Å². The molecule has 1 aliphatic carbocycles. The molecule has 5 nitrogen and oxygen atoms in total. The van der Waals surface area contributed by atoms with Gasteiger partial charge in [0, 0.05) is 5.71 Å². The van der Waals surface area contributed by atoms with Gasteiger partial charge in [0.25, 0.3) is 0 Å². The fourth-order valence-electron chi connectivity index (χ4n) is 4.11. The summed E-state index contributed by atoms with van der Waals surface area (Å²) in [5.41, 5.74) is 6.64. The topological polar surface area (TPSA) is 55.4 Å². The highest BCUT2D eigenvalue weighted by Crippen LogP contribution is 2.55. The molecule has 5 rings (SSSR count). The lowest BCUT2D eigenvalue weighted by Gasteiger charge is -2.26. The summed E-state index contributed by atoms with van der Waals surface area (Å²) in [4.78, 5) is 11.1. The highest BCUT2D eigenvalue weighted by Gasteiger charge is 2.43. The second-order valence-electron chi connectivity index (χ2n) is 6.54. The van der Waals surface area contributed by atoms with Gasteiger partial charge in [0.15, 0.2) is 5.65 Å².